The largest absolute Gasteiger partial charge is 0.465 e. The first kappa shape index (κ1) is 14.7. The number of thiophene rings is 1. The molecule has 0 aliphatic rings. The molecule has 0 atom stereocenters. The first-order chi connectivity index (χ1) is 10.6. The highest BCUT2D eigenvalue weighted by atomic mass is 32.1. The van der Waals surface area contributed by atoms with E-state index in [9.17, 15) is 9.59 Å². The minimum absolute atomic E-state index is 0.281. The molecule has 2 heterocycles. The molecule has 0 saturated heterocycles. The summed E-state index contributed by atoms with van der Waals surface area (Å²) < 4.78 is 5.65. The fourth-order valence-electron chi connectivity index (χ4n) is 1.97. The van der Waals surface area contributed by atoms with Crippen LogP contribution in [0.15, 0.2) is 30.3 Å². The first-order valence-corrected chi connectivity index (χ1v) is 8.07. The highest BCUT2D eigenvalue weighted by Gasteiger charge is 2.15. The molecule has 22 heavy (non-hydrogen) atoms. The first-order valence-electron chi connectivity index (χ1n) is 6.44. The van der Waals surface area contributed by atoms with Crippen molar-refractivity contribution in [1.29, 1.82) is 0 Å². The van der Waals surface area contributed by atoms with E-state index in [1.807, 2.05) is 25.1 Å². The minimum atomic E-state index is -0.445. The Kier molecular flexibility index (Phi) is 3.91. The van der Waals surface area contributed by atoms with E-state index in [0.29, 0.717) is 14.9 Å². The second-order valence-electron chi connectivity index (χ2n) is 4.55. The van der Waals surface area contributed by atoms with Gasteiger partial charge in [-0.15, -0.1) is 11.3 Å². The van der Waals surface area contributed by atoms with Crippen molar-refractivity contribution in [3.8, 4) is 0 Å². The predicted octanol–water partition coefficient (Wildman–Crippen LogP) is 3.71. The molecule has 3 aromatic rings. The Hall–Kier alpha value is -2.25. The molecule has 0 spiro atoms. The number of aryl methyl sites for hydroxylation is 1. The summed E-state index contributed by atoms with van der Waals surface area (Å²) >= 11 is 2.52. The molecular formula is C15H12N2O3S2. The Morgan fingerprint density at radius 1 is 1.14 bits per heavy atom. The molecular weight excluding hydrogens is 320 g/mol. The van der Waals surface area contributed by atoms with Crippen molar-refractivity contribution in [3.63, 3.8) is 0 Å². The second kappa shape index (κ2) is 5.86. The Balaban J connectivity index is 1.82. The molecule has 0 saturated carbocycles. The molecule has 1 N–H and O–H groups in total. The number of thiazole rings is 1. The number of rotatable bonds is 3. The van der Waals surface area contributed by atoms with E-state index >= 15 is 0 Å². The van der Waals surface area contributed by atoms with Crippen LogP contribution in [0.1, 0.15) is 24.9 Å². The number of hydrogen-bond donors (Lipinski definition) is 1. The number of aromatic nitrogens is 1. The third kappa shape index (κ3) is 2.72. The number of anilines is 1. The predicted molar refractivity (Wildman–Crippen MR) is 88.0 cm³/mol. The number of methoxy groups -OCH3 is 1. The molecule has 1 amide bonds. The number of hydrogen-bond acceptors (Lipinski definition) is 6. The van der Waals surface area contributed by atoms with Crippen LogP contribution in [0.5, 0.6) is 0 Å². The van der Waals surface area contributed by atoms with Gasteiger partial charge in [0.2, 0.25) is 0 Å². The van der Waals surface area contributed by atoms with Crippen LogP contribution in [0.25, 0.3) is 10.2 Å². The zero-order valence-corrected chi connectivity index (χ0v) is 13.5. The van der Waals surface area contributed by atoms with Crippen molar-refractivity contribution in [1.82, 2.24) is 4.98 Å². The van der Waals surface area contributed by atoms with Crippen LogP contribution >= 0.6 is 22.7 Å². The van der Waals surface area contributed by atoms with Crippen LogP contribution in [0.3, 0.4) is 0 Å². The summed E-state index contributed by atoms with van der Waals surface area (Å²) in [6.45, 7) is 1.98. The average Bonchev–Trinajstić information content (AvgIpc) is 3.13. The molecule has 1 aromatic carbocycles. The molecule has 0 bridgehead atoms. The Morgan fingerprint density at radius 2 is 1.91 bits per heavy atom. The van der Waals surface area contributed by atoms with Crippen molar-refractivity contribution in [2.75, 3.05) is 12.4 Å². The highest BCUT2D eigenvalue weighted by Crippen LogP contribution is 2.28. The van der Waals surface area contributed by atoms with Gasteiger partial charge in [0.15, 0.2) is 5.13 Å². The van der Waals surface area contributed by atoms with Gasteiger partial charge in [-0.25, -0.2) is 9.78 Å². The number of nitrogens with zero attached hydrogens (tertiary/aromatic N) is 1. The summed E-state index contributed by atoms with van der Waals surface area (Å²) in [5, 5.41) is 3.32. The zero-order chi connectivity index (χ0) is 15.7. The van der Waals surface area contributed by atoms with Gasteiger partial charge >= 0.3 is 5.97 Å². The van der Waals surface area contributed by atoms with Gasteiger partial charge in [-0.2, -0.15) is 0 Å². The maximum atomic E-state index is 12.2. The molecule has 5 nitrogen and oxygen atoms in total. The SMILES string of the molecule is COC(=O)c1ccc(C(=O)Nc2nc3c(C)cccc3s2)s1. The number of carbonyl (C=O) groups excluding carboxylic acids is 2. The van der Waals surface area contributed by atoms with Crippen molar-refractivity contribution >= 4 is 49.9 Å². The lowest BCUT2D eigenvalue weighted by Gasteiger charge is -1.97. The van der Waals surface area contributed by atoms with Gasteiger partial charge in [-0.05, 0) is 30.7 Å². The summed E-state index contributed by atoms with van der Waals surface area (Å²) in [4.78, 5) is 28.9. The lowest BCUT2D eigenvalue weighted by molar-refractivity contribution is 0.0606. The zero-order valence-electron chi connectivity index (χ0n) is 11.9. The fourth-order valence-corrected chi connectivity index (χ4v) is 3.73. The second-order valence-corrected chi connectivity index (χ2v) is 6.66. The molecule has 0 aliphatic carbocycles. The number of fused-ring (bicyclic) bond motifs is 1. The normalized spacial score (nSPS) is 10.6. The van der Waals surface area contributed by atoms with Crippen molar-refractivity contribution < 1.29 is 14.3 Å². The van der Waals surface area contributed by atoms with Gasteiger partial charge in [-0.1, -0.05) is 23.5 Å². The van der Waals surface area contributed by atoms with Crippen LogP contribution in [0, 0.1) is 6.92 Å². The van der Waals surface area contributed by atoms with Crippen molar-refractivity contribution in [3.05, 3.63) is 45.6 Å². The quantitative estimate of drug-likeness (QED) is 0.743. The van der Waals surface area contributed by atoms with E-state index in [1.54, 1.807) is 12.1 Å². The number of esters is 1. The number of carbonyl (C=O) groups is 2. The van der Waals surface area contributed by atoms with Gasteiger partial charge < -0.3 is 4.74 Å². The summed E-state index contributed by atoms with van der Waals surface area (Å²) in [6.07, 6.45) is 0. The summed E-state index contributed by atoms with van der Waals surface area (Å²) in [7, 11) is 1.31. The lowest BCUT2D eigenvalue weighted by Crippen LogP contribution is -2.09. The van der Waals surface area contributed by atoms with E-state index in [-0.39, 0.29) is 5.91 Å². The molecule has 0 unspecified atom stereocenters. The van der Waals surface area contributed by atoms with Crippen LogP contribution in [-0.2, 0) is 4.74 Å². The van der Waals surface area contributed by atoms with Crippen molar-refractivity contribution in [2.24, 2.45) is 0 Å². The minimum Gasteiger partial charge on any atom is -0.465 e. The molecule has 0 fully saturated rings. The van der Waals surface area contributed by atoms with E-state index in [1.165, 1.54) is 18.4 Å². The van der Waals surface area contributed by atoms with Gasteiger partial charge in [0, 0.05) is 0 Å². The number of ether oxygens (including phenoxy) is 1. The van der Waals surface area contributed by atoms with E-state index in [2.05, 4.69) is 15.0 Å². The lowest BCUT2D eigenvalue weighted by atomic mass is 10.2. The van der Waals surface area contributed by atoms with Gasteiger partial charge in [0.05, 0.1) is 22.2 Å². The molecule has 112 valence electrons. The monoisotopic (exact) mass is 332 g/mol. The van der Waals surface area contributed by atoms with E-state index < -0.39 is 5.97 Å². The van der Waals surface area contributed by atoms with Crippen LogP contribution in [0.2, 0.25) is 0 Å². The number of nitrogens with one attached hydrogen (secondary N) is 1. The maximum absolute atomic E-state index is 12.2. The Morgan fingerprint density at radius 3 is 2.64 bits per heavy atom. The summed E-state index contributed by atoms with van der Waals surface area (Å²) in [5.74, 6) is -0.725. The van der Waals surface area contributed by atoms with E-state index in [4.69, 9.17) is 0 Å². The highest BCUT2D eigenvalue weighted by molar-refractivity contribution is 7.22. The Bertz CT molecular complexity index is 867. The number of para-hydroxylation sites is 1. The topological polar surface area (TPSA) is 68.3 Å². The Labute approximate surface area is 134 Å². The molecule has 3 rings (SSSR count). The third-order valence-corrected chi connectivity index (χ3v) is 5.06. The molecule has 7 heteroatoms. The summed E-state index contributed by atoms with van der Waals surface area (Å²) in [6, 6.07) is 9.09. The number of benzene rings is 1. The molecule has 0 aliphatic heterocycles. The van der Waals surface area contributed by atoms with Crippen LogP contribution < -0.4 is 5.32 Å². The number of amides is 1. The van der Waals surface area contributed by atoms with Crippen molar-refractivity contribution in [2.45, 2.75) is 6.92 Å². The summed E-state index contributed by atoms with van der Waals surface area (Å²) in [5.41, 5.74) is 1.96. The van der Waals surface area contributed by atoms with E-state index in [0.717, 1.165) is 27.1 Å². The molecule has 0 radical (unpaired) electrons. The average molecular weight is 332 g/mol. The van der Waals surface area contributed by atoms with Crippen LogP contribution in [0.4, 0.5) is 5.13 Å². The standard InChI is InChI=1S/C15H12N2O3S2/c1-8-4-3-5-9-12(8)16-15(22-9)17-13(18)10-6-7-11(21-10)14(19)20-2/h3-7H,1-2H3,(H,16,17,18). The maximum Gasteiger partial charge on any atom is 0.348 e. The third-order valence-electron chi connectivity index (χ3n) is 3.06. The van der Waals surface area contributed by atoms with Crippen LogP contribution in [-0.4, -0.2) is 24.0 Å². The molecule has 2 aromatic heterocycles. The van der Waals surface area contributed by atoms with Gasteiger partial charge in [0.1, 0.15) is 4.88 Å². The van der Waals surface area contributed by atoms with Gasteiger partial charge in [0.25, 0.3) is 5.91 Å². The fraction of sp³-hybridized carbons (Fsp3) is 0.133. The smallest absolute Gasteiger partial charge is 0.348 e. The van der Waals surface area contributed by atoms with Gasteiger partial charge in [-0.3, -0.25) is 10.1 Å².